The third kappa shape index (κ3) is 3.72. The Kier molecular flexibility index (Phi) is 6.35. The van der Waals surface area contributed by atoms with Gasteiger partial charge < -0.3 is 40.1 Å². The molecule has 1 saturated heterocycles. The Hall–Kier alpha value is -0.810. The first-order chi connectivity index (χ1) is 16.4. The van der Waals surface area contributed by atoms with Gasteiger partial charge in [0.25, 0.3) is 0 Å². The highest BCUT2D eigenvalue weighted by Gasteiger charge is 2.68. The molecule has 9 heteroatoms. The van der Waals surface area contributed by atoms with Crippen molar-refractivity contribution in [1.82, 2.24) is 0 Å². The minimum atomic E-state index is -1.52. The number of carboxylic acids is 1. The van der Waals surface area contributed by atoms with E-state index < -0.39 is 54.3 Å². The number of aliphatic carboxylic acids is 1. The van der Waals surface area contributed by atoms with E-state index in [9.17, 15) is 35.4 Å². The van der Waals surface area contributed by atoms with Crippen LogP contribution in [0.2, 0.25) is 0 Å². The van der Waals surface area contributed by atoms with Gasteiger partial charge >= 0.3 is 5.97 Å². The summed E-state index contributed by atoms with van der Waals surface area (Å²) in [7, 11) is 0. The molecule has 12 atom stereocenters. The maximum absolute atomic E-state index is 12.3. The van der Waals surface area contributed by atoms with Crippen LogP contribution in [0.3, 0.4) is 0 Å². The van der Waals surface area contributed by atoms with Crippen molar-refractivity contribution in [2.75, 3.05) is 13.2 Å². The summed E-state index contributed by atoms with van der Waals surface area (Å²) in [5, 5.41) is 61.8. The summed E-state index contributed by atoms with van der Waals surface area (Å²) in [4.78, 5) is 12.3. The van der Waals surface area contributed by atoms with Crippen LogP contribution in [-0.4, -0.2) is 86.1 Å². The summed E-state index contributed by atoms with van der Waals surface area (Å²) in [6, 6.07) is 0. The molecule has 5 fully saturated rings. The molecule has 5 aliphatic rings. The van der Waals surface area contributed by atoms with Gasteiger partial charge in [-0.3, -0.25) is 4.79 Å². The lowest BCUT2D eigenvalue weighted by Gasteiger charge is -2.63. The summed E-state index contributed by atoms with van der Waals surface area (Å²) < 4.78 is 11.3. The highest BCUT2D eigenvalue weighted by atomic mass is 16.7. The van der Waals surface area contributed by atoms with Gasteiger partial charge in [0, 0.05) is 0 Å². The van der Waals surface area contributed by atoms with Gasteiger partial charge in [-0.15, -0.1) is 0 Å². The number of aliphatic hydroxyl groups excluding tert-OH is 4. The van der Waals surface area contributed by atoms with E-state index in [1.165, 1.54) is 0 Å². The molecule has 0 aromatic rings. The minimum Gasteiger partial charge on any atom is -0.481 e. The predicted molar refractivity (Wildman–Crippen MR) is 123 cm³/mol. The van der Waals surface area contributed by atoms with E-state index in [0.29, 0.717) is 12.3 Å². The lowest BCUT2D eigenvalue weighted by Crippen LogP contribution is -2.59. The van der Waals surface area contributed by atoms with E-state index in [2.05, 4.69) is 6.92 Å². The van der Waals surface area contributed by atoms with Gasteiger partial charge in [0.1, 0.15) is 24.4 Å². The number of ether oxygens (including phenoxy) is 2. The number of carboxylic acid groups (broad SMARTS) is 1. The molecule has 1 aliphatic heterocycles. The molecule has 0 aromatic heterocycles. The number of rotatable bonds is 5. The summed E-state index contributed by atoms with van der Waals surface area (Å²) in [5.41, 5.74) is -1.94. The maximum Gasteiger partial charge on any atom is 0.309 e. The molecule has 0 amide bonds. The quantitative estimate of drug-likeness (QED) is 0.326. The third-order valence-corrected chi connectivity index (χ3v) is 11.2. The van der Waals surface area contributed by atoms with E-state index in [0.717, 1.165) is 51.4 Å². The first-order valence-electron chi connectivity index (χ1n) is 13.3. The van der Waals surface area contributed by atoms with Crippen LogP contribution in [0, 0.1) is 34.0 Å². The maximum atomic E-state index is 12.3. The van der Waals surface area contributed by atoms with Gasteiger partial charge in [-0.2, -0.15) is 0 Å². The number of carbonyl (C=O) groups is 1. The molecule has 1 heterocycles. The van der Waals surface area contributed by atoms with Crippen LogP contribution in [0.15, 0.2) is 0 Å². The van der Waals surface area contributed by atoms with Crippen LogP contribution >= 0.6 is 0 Å². The molecule has 0 unspecified atom stereocenters. The molecule has 2 bridgehead atoms. The van der Waals surface area contributed by atoms with Crippen molar-refractivity contribution in [3.8, 4) is 0 Å². The van der Waals surface area contributed by atoms with Crippen LogP contribution in [0.5, 0.6) is 0 Å². The molecule has 9 nitrogen and oxygen atoms in total. The van der Waals surface area contributed by atoms with Gasteiger partial charge in [0.2, 0.25) is 0 Å². The molecule has 6 N–H and O–H groups in total. The normalized spacial score (nSPS) is 55.7. The van der Waals surface area contributed by atoms with E-state index >= 15 is 0 Å². The van der Waals surface area contributed by atoms with Crippen LogP contribution in [-0.2, 0) is 14.3 Å². The van der Waals surface area contributed by atoms with E-state index in [1.54, 1.807) is 0 Å². The number of aliphatic hydroxyl groups is 5. The first-order valence-corrected chi connectivity index (χ1v) is 13.3. The molecule has 1 spiro atoms. The van der Waals surface area contributed by atoms with Crippen molar-refractivity contribution < 1.29 is 44.9 Å². The van der Waals surface area contributed by atoms with Crippen molar-refractivity contribution in [3.05, 3.63) is 0 Å². The van der Waals surface area contributed by atoms with Crippen LogP contribution < -0.4 is 0 Å². The highest BCUT2D eigenvalue weighted by molar-refractivity contribution is 5.75. The van der Waals surface area contributed by atoms with Gasteiger partial charge in [-0.25, -0.2) is 0 Å². The number of fused-ring (bicyclic) bond motifs is 3. The Balaban J connectivity index is 1.33. The molecule has 4 saturated carbocycles. The molecule has 0 radical (unpaired) electrons. The average molecular weight is 499 g/mol. The van der Waals surface area contributed by atoms with Crippen molar-refractivity contribution in [3.63, 3.8) is 0 Å². The van der Waals surface area contributed by atoms with Crippen molar-refractivity contribution >= 4 is 5.97 Å². The fraction of sp³-hybridized carbons (Fsp3) is 0.962. The second-order valence-electron chi connectivity index (χ2n) is 12.9. The molecule has 5 rings (SSSR count). The molecule has 4 aliphatic carbocycles. The molecular formula is C26H42O9. The second kappa shape index (κ2) is 8.61. The average Bonchev–Trinajstić information content (AvgIpc) is 3.01. The zero-order valence-electron chi connectivity index (χ0n) is 20.8. The van der Waals surface area contributed by atoms with Gasteiger partial charge in [0.05, 0.1) is 24.2 Å². The zero-order chi connectivity index (χ0) is 25.4. The molecule has 200 valence electrons. The standard InChI is InChI=1S/C26H42O9/c1-23-7-3-8-24(2,22(31)32)16(23)6-9-25-10-14(4-5-17(23)25)26(33,12-25)13-34-21-20(30)19(29)18(28)15(11-27)35-21/h14-21,27-30,33H,3-13H2,1-2H3,(H,31,32)/t14-,15-,16+,17+,18-,19+,20-,21-,23-,24-,25+,26+/m1/s1. The summed E-state index contributed by atoms with van der Waals surface area (Å²) in [6.07, 6.45) is 0.910. The monoisotopic (exact) mass is 498 g/mol. The predicted octanol–water partition coefficient (Wildman–Crippen LogP) is 1.03. The summed E-state index contributed by atoms with van der Waals surface area (Å²) in [5.74, 6) is -0.162. The number of hydrogen-bond donors (Lipinski definition) is 6. The summed E-state index contributed by atoms with van der Waals surface area (Å²) in [6.45, 7) is 3.63. The van der Waals surface area contributed by atoms with E-state index in [1.807, 2.05) is 6.92 Å². The fourth-order valence-electron chi connectivity index (χ4n) is 9.48. The van der Waals surface area contributed by atoms with Crippen LogP contribution in [0.25, 0.3) is 0 Å². The van der Waals surface area contributed by atoms with Gasteiger partial charge in [-0.1, -0.05) is 13.3 Å². The van der Waals surface area contributed by atoms with Crippen LogP contribution in [0.1, 0.15) is 71.6 Å². The fourth-order valence-corrected chi connectivity index (χ4v) is 9.48. The van der Waals surface area contributed by atoms with Gasteiger partial charge in [0.15, 0.2) is 6.29 Å². The smallest absolute Gasteiger partial charge is 0.309 e. The largest absolute Gasteiger partial charge is 0.481 e. The van der Waals surface area contributed by atoms with E-state index in [-0.39, 0.29) is 29.3 Å². The Morgan fingerprint density at radius 1 is 1.00 bits per heavy atom. The lowest BCUT2D eigenvalue weighted by molar-refractivity contribution is -0.310. The van der Waals surface area contributed by atoms with Crippen molar-refractivity contribution in [2.24, 2.45) is 34.0 Å². The van der Waals surface area contributed by atoms with Gasteiger partial charge in [-0.05, 0) is 86.9 Å². The second-order valence-corrected chi connectivity index (χ2v) is 12.9. The topological polar surface area (TPSA) is 157 Å². The Bertz CT molecular complexity index is 836. The Morgan fingerprint density at radius 2 is 1.74 bits per heavy atom. The Labute approximate surface area is 206 Å². The first kappa shape index (κ1) is 25.8. The van der Waals surface area contributed by atoms with Crippen molar-refractivity contribution in [1.29, 1.82) is 0 Å². The Morgan fingerprint density at radius 3 is 2.43 bits per heavy atom. The van der Waals surface area contributed by atoms with Crippen molar-refractivity contribution in [2.45, 2.75) is 108 Å². The van der Waals surface area contributed by atoms with Crippen LogP contribution in [0.4, 0.5) is 0 Å². The highest BCUT2D eigenvalue weighted by Crippen LogP contribution is 2.73. The minimum absolute atomic E-state index is 0.0400. The third-order valence-electron chi connectivity index (χ3n) is 11.2. The molecular weight excluding hydrogens is 456 g/mol. The van der Waals surface area contributed by atoms with E-state index in [4.69, 9.17) is 9.47 Å². The SMILES string of the molecule is C[C@@]12CCC[C@@](C)(C(=O)O)[C@H]1CC[C@@]13C[C@@H](CC[C@H]12)[C@@](O)(CO[C@@H]1O[C@H](CO)[C@@H](O)[C@H](O)[C@H]1O)C3. The number of hydrogen-bond acceptors (Lipinski definition) is 8. The zero-order valence-corrected chi connectivity index (χ0v) is 20.8. The summed E-state index contributed by atoms with van der Waals surface area (Å²) >= 11 is 0. The molecule has 35 heavy (non-hydrogen) atoms. The lowest BCUT2D eigenvalue weighted by atomic mass is 9.41. The molecule has 0 aromatic carbocycles.